The summed E-state index contributed by atoms with van der Waals surface area (Å²) in [5.74, 6) is -0.0202. The third kappa shape index (κ3) is 2.56. The van der Waals surface area contributed by atoms with Crippen molar-refractivity contribution in [3.05, 3.63) is 42.1 Å². The lowest BCUT2D eigenvalue weighted by Crippen LogP contribution is -2.02. The highest BCUT2D eigenvalue weighted by atomic mass is 32.1. The van der Waals surface area contributed by atoms with Gasteiger partial charge in [0, 0.05) is 12.3 Å². The Balaban J connectivity index is 2.17. The van der Waals surface area contributed by atoms with E-state index in [0.717, 1.165) is 0 Å². The molecule has 0 aliphatic heterocycles. The summed E-state index contributed by atoms with van der Waals surface area (Å²) in [5.41, 5.74) is 0.598. The van der Waals surface area contributed by atoms with E-state index in [1.165, 1.54) is 6.07 Å². The van der Waals surface area contributed by atoms with E-state index in [1.807, 2.05) is 0 Å². The van der Waals surface area contributed by atoms with Crippen molar-refractivity contribution in [3.8, 4) is 0 Å². The van der Waals surface area contributed by atoms with Crippen LogP contribution in [0, 0.1) is 5.95 Å². The summed E-state index contributed by atoms with van der Waals surface area (Å²) in [4.78, 5) is 7.45. The zero-order chi connectivity index (χ0) is 11.4. The van der Waals surface area contributed by atoms with Crippen LogP contribution in [0.4, 0.5) is 10.2 Å². The van der Waals surface area contributed by atoms with Crippen LogP contribution in [-0.2, 0) is 6.54 Å². The van der Waals surface area contributed by atoms with Crippen molar-refractivity contribution < 1.29 is 4.39 Å². The van der Waals surface area contributed by atoms with E-state index in [9.17, 15) is 4.39 Å². The molecule has 2 aromatic rings. The Morgan fingerprint density at radius 3 is 3.06 bits per heavy atom. The molecule has 2 aromatic heterocycles. The molecule has 0 N–H and O–H groups in total. The van der Waals surface area contributed by atoms with Crippen molar-refractivity contribution in [2.45, 2.75) is 6.54 Å². The molecule has 0 saturated heterocycles. The van der Waals surface area contributed by atoms with E-state index in [2.05, 4.69) is 32.5 Å². The first kappa shape index (κ1) is 10.6. The molecule has 80 valence electrons. The average Bonchev–Trinajstić information content (AvgIpc) is 2.66. The quantitative estimate of drug-likeness (QED) is 0.464. The van der Waals surface area contributed by atoms with Gasteiger partial charge < -0.3 is 0 Å². The van der Waals surface area contributed by atoms with Gasteiger partial charge in [-0.1, -0.05) is 6.07 Å². The lowest BCUT2D eigenvalue weighted by Gasteiger charge is -2.00. The van der Waals surface area contributed by atoms with Gasteiger partial charge in [-0.2, -0.15) is 14.5 Å². The normalized spacial score (nSPS) is 9.81. The lowest BCUT2D eigenvalue weighted by molar-refractivity contribution is 0.567. The molecule has 0 atom stereocenters. The monoisotopic (exact) mass is 234 g/mol. The SMILES string of the molecule is Fc1cccc(Cn2ccc(N=C=S)n2)n1. The van der Waals surface area contributed by atoms with Gasteiger partial charge in [0.05, 0.1) is 17.4 Å². The van der Waals surface area contributed by atoms with Gasteiger partial charge >= 0.3 is 0 Å². The molecule has 0 bridgehead atoms. The van der Waals surface area contributed by atoms with Crippen LogP contribution >= 0.6 is 12.2 Å². The van der Waals surface area contributed by atoms with Gasteiger partial charge in [-0.3, -0.25) is 4.68 Å². The Morgan fingerprint density at radius 1 is 1.44 bits per heavy atom. The smallest absolute Gasteiger partial charge is 0.213 e. The molecule has 4 nitrogen and oxygen atoms in total. The maximum absolute atomic E-state index is 12.8. The van der Waals surface area contributed by atoms with Crippen LogP contribution in [0.5, 0.6) is 0 Å². The minimum atomic E-state index is -0.498. The van der Waals surface area contributed by atoms with Gasteiger partial charge in [0.1, 0.15) is 0 Å². The van der Waals surface area contributed by atoms with Crippen LogP contribution in [0.25, 0.3) is 0 Å². The maximum atomic E-state index is 12.8. The maximum Gasteiger partial charge on any atom is 0.213 e. The Bertz CT molecular complexity index is 545. The fourth-order valence-electron chi connectivity index (χ4n) is 1.25. The number of thiocarbonyl (C=S) groups is 1. The van der Waals surface area contributed by atoms with Gasteiger partial charge in [-0.25, -0.2) is 4.98 Å². The third-order valence-electron chi connectivity index (χ3n) is 1.88. The first-order valence-electron chi connectivity index (χ1n) is 4.51. The largest absolute Gasteiger partial charge is 0.265 e. The van der Waals surface area contributed by atoms with Crippen LogP contribution in [-0.4, -0.2) is 19.9 Å². The molecular weight excluding hydrogens is 227 g/mol. The summed E-state index contributed by atoms with van der Waals surface area (Å²) in [7, 11) is 0. The minimum absolute atomic E-state index is 0.394. The van der Waals surface area contributed by atoms with Crippen molar-refractivity contribution in [1.29, 1.82) is 0 Å². The highest BCUT2D eigenvalue weighted by molar-refractivity contribution is 7.78. The van der Waals surface area contributed by atoms with E-state index >= 15 is 0 Å². The predicted octanol–water partition coefficient (Wildman–Crippen LogP) is 2.20. The first-order valence-corrected chi connectivity index (χ1v) is 4.91. The van der Waals surface area contributed by atoms with Gasteiger partial charge in [-0.05, 0) is 24.4 Å². The standard InChI is InChI=1S/C10H7FN4S/c11-9-3-1-2-8(13-9)6-15-5-4-10(14-15)12-7-16/h1-5H,6H2. The van der Waals surface area contributed by atoms with Crippen LogP contribution in [0.1, 0.15) is 5.69 Å². The van der Waals surface area contributed by atoms with Crippen molar-refractivity contribution >= 4 is 23.2 Å². The Labute approximate surface area is 96.5 Å². The second kappa shape index (κ2) is 4.74. The van der Waals surface area contributed by atoms with Crippen LogP contribution in [0.2, 0.25) is 0 Å². The Morgan fingerprint density at radius 2 is 2.31 bits per heavy atom. The number of hydrogen-bond donors (Lipinski definition) is 0. The Hall–Kier alpha value is -1.91. The average molecular weight is 234 g/mol. The summed E-state index contributed by atoms with van der Waals surface area (Å²) in [6.07, 6.45) is 1.72. The van der Waals surface area contributed by atoms with Gasteiger partial charge in [-0.15, -0.1) is 0 Å². The molecule has 0 radical (unpaired) electrons. The van der Waals surface area contributed by atoms with Crippen LogP contribution < -0.4 is 0 Å². The molecule has 0 fully saturated rings. The number of isothiocyanates is 1. The van der Waals surface area contributed by atoms with E-state index in [1.54, 1.807) is 29.1 Å². The van der Waals surface area contributed by atoms with E-state index < -0.39 is 5.95 Å². The minimum Gasteiger partial charge on any atom is -0.265 e. The summed E-state index contributed by atoms with van der Waals surface area (Å²) >= 11 is 4.46. The molecule has 0 aliphatic rings. The molecule has 2 rings (SSSR count). The summed E-state index contributed by atoms with van der Waals surface area (Å²) in [6, 6.07) is 6.33. The predicted molar refractivity (Wildman–Crippen MR) is 60.2 cm³/mol. The van der Waals surface area contributed by atoms with E-state index in [4.69, 9.17) is 0 Å². The molecule has 0 aromatic carbocycles. The topological polar surface area (TPSA) is 43.1 Å². The number of aliphatic imine (C=N–C) groups is 1. The zero-order valence-corrected chi connectivity index (χ0v) is 8.99. The highest BCUT2D eigenvalue weighted by Gasteiger charge is 2.00. The fraction of sp³-hybridized carbons (Fsp3) is 0.100. The molecule has 16 heavy (non-hydrogen) atoms. The molecular formula is C10H7FN4S. The van der Waals surface area contributed by atoms with E-state index in [-0.39, 0.29) is 0 Å². The fourth-order valence-corrected chi connectivity index (χ4v) is 1.34. The number of pyridine rings is 1. The third-order valence-corrected chi connectivity index (χ3v) is 1.97. The summed E-state index contributed by atoms with van der Waals surface area (Å²) < 4.78 is 14.4. The van der Waals surface area contributed by atoms with Crippen molar-refractivity contribution in [1.82, 2.24) is 14.8 Å². The number of nitrogens with zero attached hydrogens (tertiary/aromatic N) is 4. The molecule has 0 unspecified atom stereocenters. The zero-order valence-electron chi connectivity index (χ0n) is 8.17. The van der Waals surface area contributed by atoms with Gasteiger partial charge in [0.2, 0.25) is 5.95 Å². The summed E-state index contributed by atoms with van der Waals surface area (Å²) in [6.45, 7) is 0.394. The van der Waals surface area contributed by atoms with Crippen molar-refractivity contribution in [3.63, 3.8) is 0 Å². The van der Waals surface area contributed by atoms with Gasteiger partial charge in [0.25, 0.3) is 0 Å². The van der Waals surface area contributed by atoms with E-state index in [0.29, 0.717) is 18.1 Å². The molecule has 0 amide bonds. The number of rotatable bonds is 3. The highest BCUT2D eigenvalue weighted by Crippen LogP contribution is 2.07. The number of halogens is 1. The molecule has 2 heterocycles. The lowest BCUT2D eigenvalue weighted by atomic mass is 10.3. The van der Waals surface area contributed by atoms with Crippen molar-refractivity contribution in [2.24, 2.45) is 4.99 Å². The number of hydrogen-bond acceptors (Lipinski definition) is 4. The summed E-state index contributed by atoms with van der Waals surface area (Å²) in [5, 5.41) is 6.31. The molecule has 6 heteroatoms. The molecule has 0 saturated carbocycles. The van der Waals surface area contributed by atoms with Crippen molar-refractivity contribution in [2.75, 3.05) is 0 Å². The van der Waals surface area contributed by atoms with Crippen LogP contribution in [0.15, 0.2) is 35.5 Å². The molecule has 0 aliphatic carbocycles. The number of aromatic nitrogens is 3. The Kier molecular flexibility index (Phi) is 3.14. The second-order valence-corrected chi connectivity index (χ2v) is 3.21. The molecule has 0 spiro atoms. The van der Waals surface area contributed by atoms with Gasteiger partial charge in [0.15, 0.2) is 5.82 Å². The van der Waals surface area contributed by atoms with Crippen LogP contribution in [0.3, 0.4) is 0 Å². The second-order valence-electron chi connectivity index (χ2n) is 3.03. The first-order chi connectivity index (χ1) is 7.78.